The fourth-order valence-corrected chi connectivity index (χ4v) is 2.46. The smallest absolute Gasteiger partial charge is 0.134 e. The molecule has 0 heterocycles. The summed E-state index contributed by atoms with van der Waals surface area (Å²) in [5.41, 5.74) is 7.07. The second-order valence-electron chi connectivity index (χ2n) is 3.99. The molecule has 0 unspecified atom stereocenters. The van der Waals surface area contributed by atoms with Crippen molar-refractivity contribution < 1.29 is 9.13 Å². The molecule has 2 aromatic carbocycles. The Kier molecular flexibility index (Phi) is 4.96. The number of hydrogen-bond donors (Lipinski definition) is 1. The van der Waals surface area contributed by atoms with E-state index in [0.29, 0.717) is 22.3 Å². The molecule has 0 atom stereocenters. The average molecular weight is 389 g/mol. The Labute approximate surface area is 128 Å². The van der Waals surface area contributed by atoms with Crippen LogP contribution in [0.2, 0.25) is 0 Å². The molecule has 2 aromatic rings. The van der Waals surface area contributed by atoms with E-state index in [2.05, 4.69) is 31.9 Å². The van der Waals surface area contributed by atoms with Gasteiger partial charge in [-0.2, -0.15) is 0 Å². The molecular formula is C14H12Br2FNO. The largest absolute Gasteiger partial charge is 0.488 e. The monoisotopic (exact) mass is 387 g/mol. The number of nitrogens with two attached hydrogens (primary N) is 1. The van der Waals surface area contributed by atoms with Crippen LogP contribution in [0.15, 0.2) is 45.3 Å². The quantitative estimate of drug-likeness (QED) is 0.842. The minimum Gasteiger partial charge on any atom is -0.488 e. The highest BCUT2D eigenvalue weighted by Crippen LogP contribution is 2.27. The highest BCUT2D eigenvalue weighted by atomic mass is 79.9. The molecule has 0 aliphatic heterocycles. The van der Waals surface area contributed by atoms with Crippen molar-refractivity contribution in [3.05, 3.63) is 62.3 Å². The molecule has 0 radical (unpaired) electrons. The Morgan fingerprint density at radius 1 is 1.11 bits per heavy atom. The van der Waals surface area contributed by atoms with Crippen molar-refractivity contribution in [3.63, 3.8) is 0 Å². The first-order valence-corrected chi connectivity index (χ1v) is 7.24. The van der Waals surface area contributed by atoms with E-state index >= 15 is 0 Å². The molecule has 0 aromatic heterocycles. The highest BCUT2D eigenvalue weighted by molar-refractivity contribution is 9.10. The summed E-state index contributed by atoms with van der Waals surface area (Å²) < 4.78 is 20.8. The first-order chi connectivity index (χ1) is 9.10. The zero-order valence-electron chi connectivity index (χ0n) is 10.00. The van der Waals surface area contributed by atoms with Gasteiger partial charge in [0, 0.05) is 16.6 Å². The van der Waals surface area contributed by atoms with Crippen LogP contribution in [0.3, 0.4) is 0 Å². The number of benzene rings is 2. The average Bonchev–Trinajstić information content (AvgIpc) is 2.39. The van der Waals surface area contributed by atoms with Crippen molar-refractivity contribution in [2.75, 3.05) is 0 Å². The molecule has 0 bridgehead atoms. The van der Waals surface area contributed by atoms with E-state index in [1.165, 1.54) is 6.07 Å². The van der Waals surface area contributed by atoms with Crippen molar-refractivity contribution in [2.24, 2.45) is 5.73 Å². The highest BCUT2D eigenvalue weighted by Gasteiger charge is 2.06. The molecule has 19 heavy (non-hydrogen) atoms. The predicted molar refractivity (Wildman–Crippen MR) is 80.5 cm³/mol. The van der Waals surface area contributed by atoms with Crippen molar-refractivity contribution in [2.45, 2.75) is 13.2 Å². The lowest BCUT2D eigenvalue weighted by Gasteiger charge is -2.10. The molecule has 0 amide bonds. The first kappa shape index (κ1) is 14.5. The third-order valence-electron chi connectivity index (χ3n) is 2.63. The van der Waals surface area contributed by atoms with Crippen molar-refractivity contribution >= 4 is 31.9 Å². The SMILES string of the molecule is NCc1ccc(OCc2ccc(Br)cc2F)c(Br)c1. The Morgan fingerprint density at radius 2 is 1.89 bits per heavy atom. The normalized spacial score (nSPS) is 10.5. The van der Waals surface area contributed by atoms with E-state index in [0.717, 1.165) is 10.0 Å². The summed E-state index contributed by atoms with van der Waals surface area (Å²) in [7, 11) is 0. The van der Waals surface area contributed by atoms with Crippen LogP contribution in [0.5, 0.6) is 5.75 Å². The molecule has 0 aliphatic rings. The van der Waals surface area contributed by atoms with Gasteiger partial charge in [-0.3, -0.25) is 0 Å². The van der Waals surface area contributed by atoms with E-state index in [1.54, 1.807) is 12.1 Å². The maximum atomic E-state index is 13.6. The number of rotatable bonds is 4. The molecule has 0 aliphatic carbocycles. The van der Waals surface area contributed by atoms with Gasteiger partial charge in [-0.15, -0.1) is 0 Å². The van der Waals surface area contributed by atoms with Gasteiger partial charge in [0.2, 0.25) is 0 Å². The fraction of sp³-hybridized carbons (Fsp3) is 0.143. The molecule has 2 nitrogen and oxygen atoms in total. The fourth-order valence-electron chi connectivity index (χ4n) is 1.58. The predicted octanol–water partition coefficient (Wildman–Crippen LogP) is 4.39. The molecule has 0 saturated carbocycles. The molecule has 2 rings (SSSR count). The summed E-state index contributed by atoms with van der Waals surface area (Å²) in [6, 6.07) is 10.5. The number of hydrogen-bond acceptors (Lipinski definition) is 2. The van der Waals surface area contributed by atoms with Gasteiger partial charge in [-0.1, -0.05) is 28.1 Å². The molecule has 2 N–H and O–H groups in total. The van der Waals surface area contributed by atoms with Gasteiger partial charge in [0.05, 0.1) is 4.47 Å². The standard InChI is InChI=1S/C14H12Br2FNO/c15-11-3-2-10(13(17)6-11)8-19-14-4-1-9(7-18)5-12(14)16/h1-6H,7-8,18H2. The van der Waals surface area contributed by atoms with Crippen LogP contribution >= 0.6 is 31.9 Å². The maximum Gasteiger partial charge on any atom is 0.134 e. The minimum absolute atomic E-state index is 0.180. The number of ether oxygens (including phenoxy) is 1. The van der Waals surface area contributed by atoms with Crippen molar-refractivity contribution in [1.29, 1.82) is 0 Å². The topological polar surface area (TPSA) is 35.2 Å². The minimum atomic E-state index is -0.288. The second-order valence-corrected chi connectivity index (χ2v) is 5.76. The summed E-state index contributed by atoms with van der Waals surface area (Å²) in [5, 5.41) is 0. The van der Waals surface area contributed by atoms with Crippen LogP contribution in [0.4, 0.5) is 4.39 Å². The van der Waals surface area contributed by atoms with Gasteiger partial charge >= 0.3 is 0 Å². The summed E-state index contributed by atoms with van der Waals surface area (Å²) >= 11 is 6.63. The Morgan fingerprint density at radius 3 is 2.53 bits per heavy atom. The molecular weight excluding hydrogens is 377 g/mol. The van der Waals surface area contributed by atoms with Gasteiger partial charge in [0.15, 0.2) is 0 Å². The Balaban J connectivity index is 2.10. The van der Waals surface area contributed by atoms with E-state index in [4.69, 9.17) is 10.5 Å². The van der Waals surface area contributed by atoms with Crippen LogP contribution in [0.1, 0.15) is 11.1 Å². The molecule has 100 valence electrons. The van der Waals surface area contributed by atoms with Crippen LogP contribution in [0, 0.1) is 5.82 Å². The summed E-state index contributed by atoms with van der Waals surface area (Å²) in [4.78, 5) is 0. The van der Waals surface area contributed by atoms with Crippen LogP contribution in [-0.4, -0.2) is 0 Å². The molecule has 0 saturated heterocycles. The third kappa shape index (κ3) is 3.78. The Bertz CT molecular complexity index is 590. The van der Waals surface area contributed by atoms with Crippen molar-refractivity contribution in [1.82, 2.24) is 0 Å². The number of halogens is 3. The molecule has 0 fully saturated rings. The zero-order valence-corrected chi connectivity index (χ0v) is 13.2. The van der Waals surface area contributed by atoms with E-state index in [1.807, 2.05) is 18.2 Å². The van der Waals surface area contributed by atoms with Crippen LogP contribution in [-0.2, 0) is 13.2 Å². The van der Waals surface area contributed by atoms with E-state index in [9.17, 15) is 4.39 Å². The van der Waals surface area contributed by atoms with Crippen LogP contribution in [0.25, 0.3) is 0 Å². The Hall–Kier alpha value is -0.910. The summed E-state index contributed by atoms with van der Waals surface area (Å²) in [5.74, 6) is 0.378. The lowest BCUT2D eigenvalue weighted by atomic mass is 10.2. The summed E-state index contributed by atoms with van der Waals surface area (Å²) in [6.07, 6.45) is 0. The van der Waals surface area contributed by atoms with Gasteiger partial charge in [-0.05, 0) is 45.8 Å². The molecule has 0 spiro atoms. The van der Waals surface area contributed by atoms with E-state index < -0.39 is 0 Å². The van der Waals surface area contributed by atoms with Gasteiger partial charge in [0.1, 0.15) is 18.2 Å². The summed E-state index contributed by atoms with van der Waals surface area (Å²) in [6.45, 7) is 0.653. The van der Waals surface area contributed by atoms with E-state index in [-0.39, 0.29) is 12.4 Å². The zero-order chi connectivity index (χ0) is 13.8. The lowest BCUT2D eigenvalue weighted by molar-refractivity contribution is 0.298. The lowest BCUT2D eigenvalue weighted by Crippen LogP contribution is -2.00. The van der Waals surface area contributed by atoms with Gasteiger partial charge < -0.3 is 10.5 Å². The van der Waals surface area contributed by atoms with Gasteiger partial charge in [0.25, 0.3) is 0 Å². The first-order valence-electron chi connectivity index (χ1n) is 5.65. The van der Waals surface area contributed by atoms with Gasteiger partial charge in [-0.25, -0.2) is 4.39 Å². The maximum absolute atomic E-state index is 13.6. The third-order valence-corrected chi connectivity index (χ3v) is 3.74. The molecule has 5 heteroatoms. The van der Waals surface area contributed by atoms with Crippen molar-refractivity contribution in [3.8, 4) is 5.75 Å². The van der Waals surface area contributed by atoms with Crippen LogP contribution < -0.4 is 10.5 Å². The second kappa shape index (κ2) is 6.50.